The highest BCUT2D eigenvalue weighted by Crippen LogP contribution is 2.24. The van der Waals surface area contributed by atoms with Crippen LogP contribution in [0.15, 0.2) is 69.9 Å². The van der Waals surface area contributed by atoms with Crippen LogP contribution in [-0.4, -0.2) is 10.1 Å². The van der Waals surface area contributed by atoms with E-state index in [-0.39, 0.29) is 17.7 Å². The van der Waals surface area contributed by atoms with Crippen molar-refractivity contribution in [3.05, 3.63) is 94.0 Å². The number of nitrogens with zero attached hydrogens (tertiary/aromatic N) is 2. The molecule has 0 spiro atoms. The van der Waals surface area contributed by atoms with Crippen molar-refractivity contribution in [2.24, 2.45) is 0 Å². The molecular weight excluding hydrogens is 368 g/mol. The highest BCUT2D eigenvalue weighted by molar-refractivity contribution is 7.08. The molecule has 0 fully saturated rings. The second-order valence-electron chi connectivity index (χ2n) is 5.94. The summed E-state index contributed by atoms with van der Waals surface area (Å²) in [6, 6.07) is 14.0. The molecule has 0 saturated heterocycles. The van der Waals surface area contributed by atoms with E-state index in [1.807, 2.05) is 16.8 Å². The van der Waals surface area contributed by atoms with Crippen LogP contribution in [0.25, 0.3) is 11.4 Å². The van der Waals surface area contributed by atoms with Gasteiger partial charge in [0.25, 0.3) is 0 Å². The summed E-state index contributed by atoms with van der Waals surface area (Å²) in [5.74, 6) is 0.349. The van der Waals surface area contributed by atoms with Crippen molar-refractivity contribution < 1.29 is 13.3 Å². The third-order valence-corrected chi connectivity index (χ3v) is 4.79. The smallest absolute Gasteiger partial charge is 0.240 e. The average Bonchev–Trinajstić information content (AvgIpc) is 3.36. The zero-order valence-electron chi connectivity index (χ0n) is 14.1. The summed E-state index contributed by atoms with van der Waals surface area (Å²) in [7, 11) is 0. The van der Waals surface area contributed by atoms with Gasteiger partial charge in [-0.1, -0.05) is 29.4 Å². The van der Waals surface area contributed by atoms with E-state index in [0.29, 0.717) is 18.3 Å². The molecule has 0 aliphatic rings. The van der Waals surface area contributed by atoms with Crippen LogP contribution < -0.4 is 5.32 Å². The standard InChI is InChI=1S/C20H15F2N3OS/c21-16-5-1-13(2-6-16)19(14-3-7-17(22)8-4-14)23-11-18-24-20(25-26-18)15-9-10-27-12-15/h1-10,12,19,23H,11H2. The van der Waals surface area contributed by atoms with Crippen molar-refractivity contribution in [1.29, 1.82) is 0 Å². The minimum Gasteiger partial charge on any atom is -0.338 e. The lowest BCUT2D eigenvalue weighted by Crippen LogP contribution is -2.22. The molecule has 1 N–H and O–H groups in total. The van der Waals surface area contributed by atoms with Gasteiger partial charge in [0.1, 0.15) is 11.6 Å². The van der Waals surface area contributed by atoms with Crippen molar-refractivity contribution in [2.45, 2.75) is 12.6 Å². The molecule has 27 heavy (non-hydrogen) atoms. The second kappa shape index (κ2) is 7.77. The van der Waals surface area contributed by atoms with Crippen molar-refractivity contribution in [3.63, 3.8) is 0 Å². The molecule has 2 aromatic carbocycles. The predicted octanol–water partition coefficient (Wildman–Crippen LogP) is 4.96. The van der Waals surface area contributed by atoms with E-state index in [9.17, 15) is 8.78 Å². The zero-order chi connectivity index (χ0) is 18.6. The molecule has 0 aliphatic heterocycles. The molecular formula is C20H15F2N3OS. The van der Waals surface area contributed by atoms with Crippen LogP contribution in [0.1, 0.15) is 23.1 Å². The summed E-state index contributed by atoms with van der Waals surface area (Å²) in [6.07, 6.45) is 0. The molecule has 0 saturated carbocycles. The Labute approximate surface area is 158 Å². The number of benzene rings is 2. The van der Waals surface area contributed by atoms with Gasteiger partial charge in [-0.05, 0) is 46.8 Å². The number of rotatable bonds is 6. The maximum absolute atomic E-state index is 13.3. The van der Waals surface area contributed by atoms with Crippen LogP contribution in [-0.2, 0) is 6.54 Å². The van der Waals surface area contributed by atoms with Gasteiger partial charge in [0.05, 0.1) is 12.6 Å². The first-order chi connectivity index (χ1) is 13.2. The van der Waals surface area contributed by atoms with Gasteiger partial charge in [-0.15, -0.1) is 0 Å². The van der Waals surface area contributed by atoms with E-state index < -0.39 is 0 Å². The SMILES string of the molecule is Fc1ccc(C(NCc2nc(-c3ccsc3)no2)c2ccc(F)cc2)cc1. The number of nitrogens with one attached hydrogen (secondary N) is 1. The first-order valence-corrected chi connectivity index (χ1v) is 9.23. The van der Waals surface area contributed by atoms with E-state index in [4.69, 9.17) is 4.52 Å². The fourth-order valence-corrected chi connectivity index (χ4v) is 3.40. The van der Waals surface area contributed by atoms with Crippen LogP contribution in [0.3, 0.4) is 0 Å². The van der Waals surface area contributed by atoms with Crippen LogP contribution in [0.5, 0.6) is 0 Å². The Morgan fingerprint density at radius 3 is 2.11 bits per heavy atom. The van der Waals surface area contributed by atoms with Crippen LogP contribution >= 0.6 is 11.3 Å². The summed E-state index contributed by atoms with van der Waals surface area (Å²) in [5, 5.41) is 11.2. The van der Waals surface area contributed by atoms with Gasteiger partial charge in [0.2, 0.25) is 11.7 Å². The average molecular weight is 383 g/mol. The number of hydrogen-bond acceptors (Lipinski definition) is 5. The maximum atomic E-state index is 13.3. The first-order valence-electron chi connectivity index (χ1n) is 8.28. The molecule has 0 amide bonds. The maximum Gasteiger partial charge on any atom is 0.240 e. The molecule has 2 aromatic heterocycles. The molecule has 4 rings (SSSR count). The fourth-order valence-electron chi connectivity index (χ4n) is 2.76. The summed E-state index contributed by atoms with van der Waals surface area (Å²) in [5.41, 5.74) is 2.60. The van der Waals surface area contributed by atoms with Gasteiger partial charge in [-0.2, -0.15) is 16.3 Å². The first kappa shape index (κ1) is 17.5. The third kappa shape index (κ3) is 4.10. The van der Waals surface area contributed by atoms with Crippen molar-refractivity contribution in [2.75, 3.05) is 0 Å². The van der Waals surface area contributed by atoms with Gasteiger partial charge < -0.3 is 4.52 Å². The van der Waals surface area contributed by atoms with Gasteiger partial charge in [-0.3, -0.25) is 5.32 Å². The second-order valence-corrected chi connectivity index (χ2v) is 6.72. The summed E-state index contributed by atoms with van der Waals surface area (Å²) >= 11 is 1.56. The topological polar surface area (TPSA) is 51.0 Å². The Balaban J connectivity index is 1.56. The third-order valence-electron chi connectivity index (χ3n) is 4.11. The summed E-state index contributed by atoms with van der Waals surface area (Å²) < 4.78 is 31.9. The summed E-state index contributed by atoms with van der Waals surface area (Å²) in [6.45, 7) is 0.316. The van der Waals surface area contributed by atoms with Gasteiger partial charge in [0, 0.05) is 10.9 Å². The lowest BCUT2D eigenvalue weighted by atomic mass is 9.98. The Kier molecular flexibility index (Phi) is 5.04. The Morgan fingerprint density at radius 2 is 1.56 bits per heavy atom. The monoisotopic (exact) mass is 383 g/mol. The number of aromatic nitrogens is 2. The van der Waals surface area contributed by atoms with Crippen molar-refractivity contribution >= 4 is 11.3 Å². The highest BCUT2D eigenvalue weighted by atomic mass is 32.1. The lowest BCUT2D eigenvalue weighted by Gasteiger charge is -2.19. The minimum absolute atomic E-state index is 0.275. The molecule has 0 atom stereocenters. The molecule has 4 nitrogen and oxygen atoms in total. The Morgan fingerprint density at radius 1 is 0.926 bits per heavy atom. The van der Waals surface area contributed by atoms with Gasteiger partial charge in [0.15, 0.2) is 0 Å². The molecule has 4 aromatic rings. The lowest BCUT2D eigenvalue weighted by molar-refractivity contribution is 0.363. The van der Waals surface area contributed by atoms with E-state index in [1.165, 1.54) is 24.3 Å². The number of halogens is 2. The van der Waals surface area contributed by atoms with Crippen LogP contribution in [0.2, 0.25) is 0 Å². The van der Waals surface area contributed by atoms with E-state index in [1.54, 1.807) is 35.6 Å². The van der Waals surface area contributed by atoms with Gasteiger partial charge >= 0.3 is 0 Å². The van der Waals surface area contributed by atoms with Crippen LogP contribution in [0, 0.1) is 11.6 Å². The molecule has 0 unspecified atom stereocenters. The zero-order valence-corrected chi connectivity index (χ0v) is 14.9. The van der Waals surface area contributed by atoms with Crippen molar-refractivity contribution in [3.8, 4) is 11.4 Å². The molecule has 2 heterocycles. The Hall–Kier alpha value is -2.90. The molecule has 0 radical (unpaired) electrons. The van der Waals surface area contributed by atoms with Crippen molar-refractivity contribution in [1.82, 2.24) is 15.5 Å². The van der Waals surface area contributed by atoms with E-state index >= 15 is 0 Å². The fraction of sp³-hybridized carbons (Fsp3) is 0.100. The molecule has 0 bridgehead atoms. The van der Waals surface area contributed by atoms with E-state index in [0.717, 1.165) is 16.7 Å². The predicted molar refractivity (Wildman–Crippen MR) is 99.1 cm³/mol. The number of hydrogen-bond donors (Lipinski definition) is 1. The van der Waals surface area contributed by atoms with Gasteiger partial charge in [-0.25, -0.2) is 8.78 Å². The van der Waals surface area contributed by atoms with E-state index in [2.05, 4.69) is 15.5 Å². The minimum atomic E-state index is -0.311. The summed E-state index contributed by atoms with van der Waals surface area (Å²) in [4.78, 5) is 4.39. The number of thiophene rings is 1. The quantitative estimate of drug-likeness (QED) is 0.512. The molecule has 136 valence electrons. The largest absolute Gasteiger partial charge is 0.338 e. The Bertz CT molecular complexity index is 953. The molecule has 7 heteroatoms. The highest BCUT2D eigenvalue weighted by Gasteiger charge is 2.16. The molecule has 0 aliphatic carbocycles. The normalized spacial score (nSPS) is 11.2. The van der Waals surface area contributed by atoms with Crippen LogP contribution in [0.4, 0.5) is 8.78 Å².